The molecule has 2 rings (SSSR count). The van der Waals surface area contributed by atoms with Crippen molar-refractivity contribution in [2.45, 2.75) is 33.4 Å². The second-order valence-corrected chi connectivity index (χ2v) is 6.02. The van der Waals surface area contributed by atoms with Crippen LogP contribution in [0.5, 0.6) is 0 Å². The van der Waals surface area contributed by atoms with Crippen LogP contribution in [0.3, 0.4) is 0 Å². The summed E-state index contributed by atoms with van der Waals surface area (Å²) in [5, 5.41) is 0. The van der Waals surface area contributed by atoms with Crippen LogP contribution in [0.2, 0.25) is 0 Å². The zero-order valence-corrected chi connectivity index (χ0v) is 13.6. The smallest absolute Gasteiger partial charge is 0.0473 e. The summed E-state index contributed by atoms with van der Waals surface area (Å²) in [6, 6.07) is 15.6. The molecule has 2 N–H and O–H groups in total. The second-order valence-electron chi connectivity index (χ2n) is 6.02. The maximum Gasteiger partial charge on any atom is 0.0473 e. The maximum absolute atomic E-state index is 6.05. The van der Waals surface area contributed by atoms with E-state index in [1.54, 1.807) is 0 Å². The van der Waals surface area contributed by atoms with E-state index in [9.17, 15) is 0 Å². The summed E-state index contributed by atoms with van der Waals surface area (Å²) in [5.41, 5.74) is 12.6. The van der Waals surface area contributed by atoms with Gasteiger partial charge in [0.05, 0.1) is 0 Å². The highest BCUT2D eigenvalue weighted by molar-refractivity contribution is 5.33. The maximum atomic E-state index is 6.05. The third kappa shape index (κ3) is 3.93. The third-order valence-electron chi connectivity index (χ3n) is 4.05. The van der Waals surface area contributed by atoms with E-state index in [2.05, 4.69) is 75.2 Å². The fraction of sp³-hybridized carbons (Fsp3) is 0.368. The van der Waals surface area contributed by atoms with Crippen molar-refractivity contribution in [3.8, 4) is 0 Å². The molecule has 0 heterocycles. The minimum atomic E-state index is 0.256. The highest BCUT2D eigenvalue weighted by Gasteiger charge is 2.17. The lowest BCUT2D eigenvalue weighted by Crippen LogP contribution is -2.30. The van der Waals surface area contributed by atoms with Crippen LogP contribution >= 0.6 is 0 Å². The Bertz CT molecular complexity index is 604. The van der Waals surface area contributed by atoms with E-state index in [0.29, 0.717) is 6.54 Å². The van der Waals surface area contributed by atoms with Crippen LogP contribution in [0.25, 0.3) is 0 Å². The topological polar surface area (TPSA) is 29.3 Å². The van der Waals surface area contributed by atoms with E-state index < -0.39 is 0 Å². The Morgan fingerprint density at radius 1 is 1.00 bits per heavy atom. The normalized spacial score (nSPS) is 12.7. The van der Waals surface area contributed by atoms with Gasteiger partial charge in [-0.15, -0.1) is 0 Å². The number of hydrogen-bond acceptors (Lipinski definition) is 2. The number of likely N-dealkylation sites (N-methyl/N-ethyl adjacent to an activating group) is 1. The van der Waals surface area contributed by atoms with Gasteiger partial charge < -0.3 is 5.73 Å². The van der Waals surface area contributed by atoms with Crippen LogP contribution in [0.1, 0.15) is 33.9 Å². The van der Waals surface area contributed by atoms with E-state index >= 15 is 0 Å². The summed E-state index contributed by atoms with van der Waals surface area (Å²) >= 11 is 0. The molecule has 2 aromatic rings. The summed E-state index contributed by atoms with van der Waals surface area (Å²) in [5.74, 6) is 0. The first-order valence-corrected chi connectivity index (χ1v) is 7.54. The van der Waals surface area contributed by atoms with Crippen molar-refractivity contribution in [2.24, 2.45) is 5.73 Å². The molecule has 0 fully saturated rings. The molecule has 112 valence electrons. The molecule has 1 unspecified atom stereocenters. The molecule has 0 aliphatic carbocycles. The molecule has 0 saturated carbocycles. The largest absolute Gasteiger partial charge is 0.329 e. The summed E-state index contributed by atoms with van der Waals surface area (Å²) in [7, 11) is 2.15. The molecule has 2 nitrogen and oxygen atoms in total. The number of aryl methyl sites for hydroxylation is 3. The number of rotatable bonds is 5. The standard InChI is InChI=1S/C19H26N2/c1-14-6-5-7-17(11-14)13-21(4)19(12-20)18-9-8-15(2)10-16(18)3/h5-11,19H,12-13,20H2,1-4H3. The predicted octanol–water partition coefficient (Wildman–Crippen LogP) is 3.74. The van der Waals surface area contributed by atoms with Gasteiger partial charge in [-0.2, -0.15) is 0 Å². The third-order valence-corrected chi connectivity index (χ3v) is 4.05. The minimum absolute atomic E-state index is 0.256. The van der Waals surface area contributed by atoms with Crippen LogP contribution in [0.4, 0.5) is 0 Å². The Morgan fingerprint density at radius 2 is 1.71 bits per heavy atom. The van der Waals surface area contributed by atoms with Crippen LogP contribution in [-0.4, -0.2) is 18.5 Å². The Morgan fingerprint density at radius 3 is 2.33 bits per heavy atom. The van der Waals surface area contributed by atoms with Gasteiger partial charge in [-0.25, -0.2) is 0 Å². The molecule has 21 heavy (non-hydrogen) atoms. The molecule has 0 aliphatic heterocycles. The first-order chi connectivity index (χ1) is 10.0. The molecule has 0 saturated heterocycles. The van der Waals surface area contributed by atoms with Gasteiger partial charge in [0, 0.05) is 19.1 Å². The van der Waals surface area contributed by atoms with Crippen LogP contribution < -0.4 is 5.73 Å². The molecule has 0 aliphatic rings. The van der Waals surface area contributed by atoms with E-state index in [-0.39, 0.29) is 6.04 Å². The molecular formula is C19H26N2. The lowest BCUT2D eigenvalue weighted by molar-refractivity contribution is 0.241. The molecule has 0 aromatic heterocycles. The lowest BCUT2D eigenvalue weighted by Gasteiger charge is -2.29. The van der Waals surface area contributed by atoms with E-state index in [4.69, 9.17) is 5.73 Å². The monoisotopic (exact) mass is 282 g/mol. The average Bonchev–Trinajstić information content (AvgIpc) is 2.42. The van der Waals surface area contributed by atoms with Gasteiger partial charge in [-0.1, -0.05) is 53.6 Å². The molecule has 2 aromatic carbocycles. The van der Waals surface area contributed by atoms with Gasteiger partial charge >= 0.3 is 0 Å². The molecule has 0 spiro atoms. The van der Waals surface area contributed by atoms with Crippen LogP contribution in [0, 0.1) is 20.8 Å². The molecule has 2 heteroatoms. The highest BCUT2D eigenvalue weighted by atomic mass is 15.1. The SMILES string of the molecule is Cc1cccc(CN(C)C(CN)c2ccc(C)cc2C)c1. The Balaban J connectivity index is 2.20. The fourth-order valence-electron chi connectivity index (χ4n) is 2.95. The van der Waals surface area contributed by atoms with E-state index in [0.717, 1.165) is 6.54 Å². The van der Waals surface area contributed by atoms with Crippen LogP contribution in [0.15, 0.2) is 42.5 Å². The number of hydrogen-bond donors (Lipinski definition) is 1. The summed E-state index contributed by atoms with van der Waals surface area (Å²) in [6.45, 7) is 7.98. The van der Waals surface area contributed by atoms with Crippen molar-refractivity contribution in [2.75, 3.05) is 13.6 Å². The molecule has 0 bridgehead atoms. The first kappa shape index (κ1) is 15.7. The van der Waals surface area contributed by atoms with Crippen molar-refractivity contribution >= 4 is 0 Å². The van der Waals surface area contributed by atoms with Crippen molar-refractivity contribution in [1.82, 2.24) is 4.90 Å². The molecule has 0 amide bonds. The van der Waals surface area contributed by atoms with Gasteiger partial charge in [0.2, 0.25) is 0 Å². The van der Waals surface area contributed by atoms with Crippen molar-refractivity contribution < 1.29 is 0 Å². The van der Waals surface area contributed by atoms with E-state index in [1.807, 2.05) is 0 Å². The summed E-state index contributed by atoms with van der Waals surface area (Å²) < 4.78 is 0. The average molecular weight is 282 g/mol. The van der Waals surface area contributed by atoms with Crippen LogP contribution in [-0.2, 0) is 6.54 Å². The molecule has 1 atom stereocenters. The van der Waals surface area contributed by atoms with Gasteiger partial charge in [0.25, 0.3) is 0 Å². The van der Waals surface area contributed by atoms with Gasteiger partial charge in [-0.3, -0.25) is 4.90 Å². The van der Waals surface area contributed by atoms with Gasteiger partial charge in [0.15, 0.2) is 0 Å². The lowest BCUT2D eigenvalue weighted by atomic mass is 9.98. The van der Waals surface area contributed by atoms with Crippen molar-refractivity contribution in [1.29, 1.82) is 0 Å². The zero-order valence-electron chi connectivity index (χ0n) is 13.6. The Labute approximate surface area is 128 Å². The molecule has 0 radical (unpaired) electrons. The van der Waals surface area contributed by atoms with E-state index in [1.165, 1.54) is 27.8 Å². The second kappa shape index (κ2) is 6.88. The number of benzene rings is 2. The Kier molecular flexibility index (Phi) is 5.16. The fourth-order valence-corrected chi connectivity index (χ4v) is 2.95. The first-order valence-electron chi connectivity index (χ1n) is 7.54. The summed E-state index contributed by atoms with van der Waals surface area (Å²) in [6.07, 6.45) is 0. The highest BCUT2D eigenvalue weighted by Crippen LogP contribution is 2.24. The summed E-state index contributed by atoms with van der Waals surface area (Å²) in [4.78, 5) is 2.34. The Hall–Kier alpha value is -1.64. The minimum Gasteiger partial charge on any atom is -0.329 e. The molecular weight excluding hydrogens is 256 g/mol. The van der Waals surface area contributed by atoms with Crippen molar-refractivity contribution in [3.63, 3.8) is 0 Å². The number of nitrogens with zero attached hydrogens (tertiary/aromatic N) is 1. The zero-order chi connectivity index (χ0) is 15.4. The van der Waals surface area contributed by atoms with Gasteiger partial charge in [-0.05, 0) is 44.5 Å². The predicted molar refractivity (Wildman–Crippen MR) is 90.4 cm³/mol. The van der Waals surface area contributed by atoms with Crippen molar-refractivity contribution in [3.05, 3.63) is 70.3 Å². The quantitative estimate of drug-likeness (QED) is 0.905. The van der Waals surface area contributed by atoms with Gasteiger partial charge in [0.1, 0.15) is 0 Å². The number of nitrogens with two attached hydrogens (primary N) is 1.